The number of rotatable bonds is 4. The van der Waals surface area contributed by atoms with Crippen LogP contribution in [0.25, 0.3) is 0 Å². The molecule has 0 amide bonds. The van der Waals surface area contributed by atoms with Crippen molar-refractivity contribution >= 4 is 23.2 Å². The molecule has 0 N–H and O–H groups in total. The van der Waals surface area contributed by atoms with Crippen LogP contribution in [0.15, 0.2) is 0 Å². The molecule has 1 aromatic heterocycles. The van der Waals surface area contributed by atoms with E-state index in [0.29, 0.717) is 5.95 Å². The minimum atomic E-state index is -0.566. The average Bonchev–Trinajstić information content (AvgIpc) is 2.17. The lowest BCUT2D eigenvalue weighted by Crippen LogP contribution is -2.24. The van der Waals surface area contributed by atoms with E-state index >= 15 is 0 Å². The van der Waals surface area contributed by atoms with Crippen LogP contribution in [0.1, 0.15) is 19.5 Å². The molecule has 0 bridgehead atoms. The lowest BCUT2D eigenvalue weighted by atomic mass is 10.4. The zero-order valence-corrected chi connectivity index (χ0v) is 10.2. The van der Waals surface area contributed by atoms with E-state index in [0.717, 1.165) is 13.1 Å². The minimum absolute atomic E-state index is 0.112. The van der Waals surface area contributed by atoms with Gasteiger partial charge in [-0.15, -0.1) is 0 Å². The minimum Gasteiger partial charge on any atom is -0.341 e. The molecule has 0 saturated heterocycles. The number of aromatic nitrogens is 2. The van der Waals surface area contributed by atoms with Crippen molar-refractivity contribution in [3.63, 3.8) is 0 Å². The predicted molar refractivity (Wildman–Crippen MR) is 62.0 cm³/mol. The van der Waals surface area contributed by atoms with Gasteiger partial charge in [-0.25, -0.2) is 4.98 Å². The molecule has 16 heavy (non-hydrogen) atoms. The summed E-state index contributed by atoms with van der Waals surface area (Å²) in [7, 11) is 0. The van der Waals surface area contributed by atoms with Gasteiger partial charge in [0.05, 0.1) is 4.92 Å². The molecule has 0 aromatic carbocycles. The van der Waals surface area contributed by atoms with Gasteiger partial charge in [0.2, 0.25) is 11.1 Å². The van der Waals surface area contributed by atoms with Crippen molar-refractivity contribution in [2.24, 2.45) is 0 Å². The second-order valence-electron chi connectivity index (χ2n) is 3.18. The van der Waals surface area contributed by atoms with Crippen LogP contribution in [-0.4, -0.2) is 28.0 Å². The van der Waals surface area contributed by atoms with E-state index in [1.165, 1.54) is 0 Å². The molecule has 7 heteroatoms. The third-order valence-corrected chi connectivity index (χ3v) is 2.50. The number of nitro groups is 1. The Morgan fingerprint density at radius 1 is 1.38 bits per heavy atom. The Kier molecular flexibility index (Phi) is 4.00. The van der Waals surface area contributed by atoms with E-state index in [-0.39, 0.29) is 16.5 Å². The van der Waals surface area contributed by atoms with Gasteiger partial charge >= 0.3 is 5.69 Å². The SMILES string of the molecule is CCN(CC)c1nc(C)c([N+](=O)[O-])c(Cl)n1. The van der Waals surface area contributed by atoms with Crippen molar-refractivity contribution in [2.75, 3.05) is 18.0 Å². The molecule has 1 rings (SSSR count). The highest BCUT2D eigenvalue weighted by Gasteiger charge is 2.21. The third-order valence-electron chi connectivity index (χ3n) is 2.23. The van der Waals surface area contributed by atoms with Crippen molar-refractivity contribution in [1.82, 2.24) is 9.97 Å². The van der Waals surface area contributed by atoms with E-state index in [2.05, 4.69) is 9.97 Å². The molecule has 0 aliphatic heterocycles. The van der Waals surface area contributed by atoms with E-state index in [1.807, 2.05) is 18.7 Å². The summed E-state index contributed by atoms with van der Waals surface area (Å²) in [5.74, 6) is 0.429. The normalized spacial score (nSPS) is 10.2. The summed E-state index contributed by atoms with van der Waals surface area (Å²) in [6, 6.07) is 0. The number of nitrogens with zero attached hydrogens (tertiary/aromatic N) is 4. The van der Waals surface area contributed by atoms with Crippen molar-refractivity contribution in [2.45, 2.75) is 20.8 Å². The molecule has 0 aliphatic carbocycles. The van der Waals surface area contributed by atoms with Gasteiger partial charge in [-0.05, 0) is 20.8 Å². The van der Waals surface area contributed by atoms with E-state index in [4.69, 9.17) is 11.6 Å². The Morgan fingerprint density at radius 3 is 2.31 bits per heavy atom. The molecule has 0 aliphatic rings. The molecule has 88 valence electrons. The molecule has 6 nitrogen and oxygen atoms in total. The molecule has 0 unspecified atom stereocenters. The highest BCUT2D eigenvalue weighted by molar-refractivity contribution is 6.31. The van der Waals surface area contributed by atoms with Crippen LogP contribution in [0.4, 0.5) is 11.6 Å². The monoisotopic (exact) mass is 244 g/mol. The van der Waals surface area contributed by atoms with Gasteiger partial charge in [0.15, 0.2) is 0 Å². The Bertz CT molecular complexity index is 383. The lowest BCUT2D eigenvalue weighted by molar-refractivity contribution is -0.385. The van der Waals surface area contributed by atoms with Crippen LogP contribution in [0.2, 0.25) is 5.15 Å². The Hall–Kier alpha value is -1.43. The van der Waals surface area contributed by atoms with Crippen LogP contribution >= 0.6 is 11.6 Å². The van der Waals surface area contributed by atoms with Gasteiger partial charge in [0, 0.05) is 13.1 Å². The smallest absolute Gasteiger partial charge is 0.327 e. The van der Waals surface area contributed by atoms with Crippen LogP contribution in [0.5, 0.6) is 0 Å². The van der Waals surface area contributed by atoms with Gasteiger partial charge in [0.25, 0.3) is 0 Å². The van der Waals surface area contributed by atoms with Gasteiger partial charge < -0.3 is 4.90 Å². The van der Waals surface area contributed by atoms with Gasteiger partial charge in [-0.2, -0.15) is 4.98 Å². The number of halogens is 1. The fourth-order valence-corrected chi connectivity index (χ4v) is 1.65. The Labute approximate surface area is 98.4 Å². The highest BCUT2D eigenvalue weighted by Crippen LogP contribution is 2.26. The topological polar surface area (TPSA) is 72.2 Å². The number of aryl methyl sites for hydroxylation is 1. The molecule has 0 atom stereocenters. The lowest BCUT2D eigenvalue weighted by Gasteiger charge is -2.18. The van der Waals surface area contributed by atoms with Gasteiger partial charge in [-0.3, -0.25) is 10.1 Å². The first-order valence-corrected chi connectivity index (χ1v) is 5.32. The Balaban J connectivity index is 3.23. The highest BCUT2D eigenvalue weighted by atomic mass is 35.5. The zero-order chi connectivity index (χ0) is 12.3. The average molecular weight is 245 g/mol. The van der Waals surface area contributed by atoms with E-state index in [1.54, 1.807) is 6.92 Å². The van der Waals surface area contributed by atoms with Crippen LogP contribution in [0, 0.1) is 17.0 Å². The van der Waals surface area contributed by atoms with E-state index in [9.17, 15) is 10.1 Å². The van der Waals surface area contributed by atoms with Crippen LogP contribution < -0.4 is 4.90 Å². The molecule has 0 saturated carbocycles. The molecule has 1 aromatic rings. The first-order chi connectivity index (χ1) is 7.51. The second-order valence-corrected chi connectivity index (χ2v) is 3.54. The van der Waals surface area contributed by atoms with Gasteiger partial charge in [-0.1, -0.05) is 11.6 Å². The predicted octanol–water partition coefficient (Wildman–Crippen LogP) is 2.19. The van der Waals surface area contributed by atoms with Crippen molar-refractivity contribution in [3.05, 3.63) is 21.0 Å². The molecular formula is C9H13ClN4O2. The van der Waals surface area contributed by atoms with Crippen molar-refractivity contribution in [3.8, 4) is 0 Å². The van der Waals surface area contributed by atoms with Crippen molar-refractivity contribution in [1.29, 1.82) is 0 Å². The maximum absolute atomic E-state index is 10.7. The first kappa shape index (κ1) is 12.6. The summed E-state index contributed by atoms with van der Waals surface area (Å²) in [5, 5.41) is 10.6. The molecule has 0 spiro atoms. The fourth-order valence-electron chi connectivity index (χ4n) is 1.37. The fraction of sp³-hybridized carbons (Fsp3) is 0.556. The summed E-state index contributed by atoms with van der Waals surface area (Å²) in [5.41, 5.74) is 0.0597. The summed E-state index contributed by atoms with van der Waals surface area (Å²) < 4.78 is 0. The molecular weight excluding hydrogens is 232 g/mol. The standard InChI is InChI=1S/C9H13ClN4O2/c1-4-13(5-2)9-11-6(3)7(14(15)16)8(10)12-9/h4-5H2,1-3H3. The maximum Gasteiger partial charge on any atom is 0.327 e. The summed E-state index contributed by atoms with van der Waals surface area (Å²) in [6.45, 7) is 6.92. The zero-order valence-electron chi connectivity index (χ0n) is 9.40. The quantitative estimate of drug-likeness (QED) is 0.461. The summed E-state index contributed by atoms with van der Waals surface area (Å²) in [4.78, 5) is 20.0. The van der Waals surface area contributed by atoms with Crippen LogP contribution in [-0.2, 0) is 0 Å². The first-order valence-electron chi connectivity index (χ1n) is 4.94. The molecule has 0 fully saturated rings. The summed E-state index contributed by atoms with van der Waals surface area (Å²) >= 11 is 5.77. The molecule has 0 radical (unpaired) electrons. The number of hydrogen-bond acceptors (Lipinski definition) is 5. The number of anilines is 1. The number of hydrogen-bond donors (Lipinski definition) is 0. The molecule has 1 heterocycles. The van der Waals surface area contributed by atoms with E-state index < -0.39 is 4.92 Å². The maximum atomic E-state index is 10.7. The largest absolute Gasteiger partial charge is 0.341 e. The second kappa shape index (κ2) is 5.07. The Morgan fingerprint density at radius 2 is 1.94 bits per heavy atom. The third kappa shape index (κ3) is 2.38. The van der Waals surface area contributed by atoms with Crippen molar-refractivity contribution < 1.29 is 4.92 Å². The van der Waals surface area contributed by atoms with Gasteiger partial charge in [0.1, 0.15) is 5.69 Å². The summed E-state index contributed by atoms with van der Waals surface area (Å²) in [6.07, 6.45) is 0. The van der Waals surface area contributed by atoms with Crippen LogP contribution in [0.3, 0.4) is 0 Å².